The Morgan fingerprint density at radius 2 is 2.18 bits per heavy atom. The summed E-state index contributed by atoms with van der Waals surface area (Å²) in [6, 6.07) is 7.11. The highest BCUT2D eigenvalue weighted by Crippen LogP contribution is 2.26. The molecule has 3 heteroatoms. The zero-order chi connectivity index (χ0) is 11.8. The highest BCUT2D eigenvalue weighted by Gasteiger charge is 2.20. The molecule has 3 nitrogen and oxygen atoms in total. The van der Waals surface area contributed by atoms with Crippen molar-refractivity contribution in [3.05, 3.63) is 29.5 Å². The molecule has 0 bridgehead atoms. The van der Waals surface area contributed by atoms with E-state index in [1.165, 1.54) is 35.0 Å². The maximum atomic E-state index is 5.29. The topological polar surface area (TPSA) is 37.0 Å². The van der Waals surface area contributed by atoms with E-state index >= 15 is 0 Å². The molecular formula is C14H18N2O. The number of fused-ring (bicyclic) bond motifs is 1. The number of benzene rings is 1. The molecule has 1 aromatic heterocycles. The average Bonchev–Trinajstić information content (AvgIpc) is 3.06. The lowest BCUT2D eigenvalue weighted by Crippen LogP contribution is -2.15. The lowest BCUT2D eigenvalue weighted by molar-refractivity contribution is 0.415. The third-order valence-corrected chi connectivity index (χ3v) is 3.35. The van der Waals surface area contributed by atoms with E-state index in [2.05, 4.69) is 35.4 Å². The standard InChI is InChI=1S/C14H18N2O/c1-9-5-13(17-2)7-10-6-12(16-14(9)10)8-15-11-3-4-11/h5-7,11,15-16H,3-4,8H2,1-2H3. The van der Waals surface area contributed by atoms with Gasteiger partial charge in [-0.3, -0.25) is 0 Å². The van der Waals surface area contributed by atoms with E-state index in [0.29, 0.717) is 0 Å². The van der Waals surface area contributed by atoms with E-state index in [1.807, 2.05) is 0 Å². The lowest BCUT2D eigenvalue weighted by Gasteiger charge is -2.02. The zero-order valence-corrected chi connectivity index (χ0v) is 10.3. The summed E-state index contributed by atoms with van der Waals surface area (Å²) in [7, 11) is 1.71. The maximum Gasteiger partial charge on any atom is 0.119 e. The largest absolute Gasteiger partial charge is 0.497 e. The van der Waals surface area contributed by atoms with Crippen molar-refractivity contribution in [1.29, 1.82) is 0 Å². The van der Waals surface area contributed by atoms with Crippen LogP contribution >= 0.6 is 0 Å². The predicted molar refractivity (Wildman–Crippen MR) is 69.4 cm³/mol. The van der Waals surface area contributed by atoms with Crippen LogP contribution < -0.4 is 10.1 Å². The number of nitrogens with one attached hydrogen (secondary N) is 2. The number of hydrogen-bond acceptors (Lipinski definition) is 2. The quantitative estimate of drug-likeness (QED) is 0.847. The van der Waals surface area contributed by atoms with Crippen LogP contribution in [0.15, 0.2) is 18.2 Å². The molecule has 3 rings (SSSR count). The third kappa shape index (κ3) is 2.15. The summed E-state index contributed by atoms with van der Waals surface area (Å²) in [5.41, 5.74) is 3.71. The number of aromatic nitrogens is 1. The third-order valence-electron chi connectivity index (χ3n) is 3.35. The highest BCUT2D eigenvalue weighted by molar-refractivity contribution is 5.85. The molecule has 0 aliphatic heterocycles. The van der Waals surface area contributed by atoms with Crippen molar-refractivity contribution in [2.75, 3.05) is 7.11 Å². The fraction of sp³-hybridized carbons (Fsp3) is 0.429. The molecule has 0 saturated heterocycles. The Balaban J connectivity index is 1.90. The van der Waals surface area contributed by atoms with Crippen LogP contribution in [-0.2, 0) is 6.54 Å². The SMILES string of the molecule is COc1cc(C)c2[nH]c(CNC3CC3)cc2c1. The second kappa shape index (κ2) is 4.08. The number of ether oxygens (including phenoxy) is 1. The number of aromatic amines is 1. The van der Waals surface area contributed by atoms with Crippen molar-refractivity contribution in [3.8, 4) is 5.75 Å². The average molecular weight is 230 g/mol. The Labute approximate surface area is 101 Å². The molecule has 0 amide bonds. The molecule has 1 aromatic carbocycles. The number of methoxy groups -OCH3 is 1. The van der Waals surface area contributed by atoms with Gasteiger partial charge in [0.25, 0.3) is 0 Å². The van der Waals surface area contributed by atoms with Crippen molar-refractivity contribution in [1.82, 2.24) is 10.3 Å². The Hall–Kier alpha value is -1.48. The normalized spacial score (nSPS) is 15.4. The molecule has 2 N–H and O–H groups in total. The van der Waals surface area contributed by atoms with Gasteiger partial charge in [-0.15, -0.1) is 0 Å². The van der Waals surface area contributed by atoms with Gasteiger partial charge in [0.15, 0.2) is 0 Å². The first kappa shape index (κ1) is 10.7. The van der Waals surface area contributed by atoms with E-state index in [0.717, 1.165) is 18.3 Å². The van der Waals surface area contributed by atoms with E-state index in [-0.39, 0.29) is 0 Å². The molecule has 1 fully saturated rings. The highest BCUT2D eigenvalue weighted by atomic mass is 16.5. The summed E-state index contributed by atoms with van der Waals surface area (Å²) < 4.78 is 5.29. The van der Waals surface area contributed by atoms with Gasteiger partial charge < -0.3 is 15.0 Å². The molecule has 1 aliphatic rings. The van der Waals surface area contributed by atoms with Gasteiger partial charge in [-0.2, -0.15) is 0 Å². The summed E-state index contributed by atoms with van der Waals surface area (Å²) in [5.74, 6) is 0.927. The van der Waals surface area contributed by atoms with Crippen LogP contribution in [0.1, 0.15) is 24.1 Å². The van der Waals surface area contributed by atoms with E-state index in [1.54, 1.807) is 7.11 Å². The van der Waals surface area contributed by atoms with Gasteiger partial charge in [-0.05, 0) is 43.5 Å². The summed E-state index contributed by atoms with van der Waals surface area (Å²) >= 11 is 0. The number of aryl methyl sites for hydroxylation is 1. The molecule has 0 atom stereocenters. The lowest BCUT2D eigenvalue weighted by atomic mass is 10.1. The van der Waals surface area contributed by atoms with Crippen LogP contribution in [0.2, 0.25) is 0 Å². The van der Waals surface area contributed by atoms with Crippen molar-refractivity contribution in [2.45, 2.75) is 32.4 Å². The molecule has 1 saturated carbocycles. The monoisotopic (exact) mass is 230 g/mol. The summed E-state index contributed by atoms with van der Waals surface area (Å²) in [6.45, 7) is 3.04. The Kier molecular flexibility index (Phi) is 2.56. The summed E-state index contributed by atoms with van der Waals surface area (Å²) in [5, 5.41) is 4.75. The van der Waals surface area contributed by atoms with Gasteiger partial charge in [0.2, 0.25) is 0 Å². The van der Waals surface area contributed by atoms with Crippen molar-refractivity contribution in [3.63, 3.8) is 0 Å². The fourth-order valence-electron chi connectivity index (χ4n) is 2.20. The first-order valence-electron chi connectivity index (χ1n) is 6.16. The number of hydrogen-bond donors (Lipinski definition) is 2. The van der Waals surface area contributed by atoms with Gasteiger partial charge in [-0.25, -0.2) is 0 Å². The van der Waals surface area contributed by atoms with Gasteiger partial charge in [0.05, 0.1) is 7.11 Å². The molecule has 17 heavy (non-hydrogen) atoms. The molecule has 1 aliphatic carbocycles. The second-order valence-electron chi connectivity index (χ2n) is 4.86. The molecule has 0 radical (unpaired) electrons. The fourth-order valence-corrected chi connectivity index (χ4v) is 2.20. The van der Waals surface area contributed by atoms with E-state index in [9.17, 15) is 0 Å². The maximum absolute atomic E-state index is 5.29. The van der Waals surface area contributed by atoms with Crippen LogP contribution in [0, 0.1) is 6.92 Å². The van der Waals surface area contributed by atoms with E-state index in [4.69, 9.17) is 4.74 Å². The first-order valence-corrected chi connectivity index (χ1v) is 6.16. The smallest absolute Gasteiger partial charge is 0.119 e. The number of rotatable bonds is 4. The Morgan fingerprint density at radius 3 is 2.88 bits per heavy atom. The van der Waals surface area contributed by atoms with Crippen LogP contribution in [0.3, 0.4) is 0 Å². The van der Waals surface area contributed by atoms with Crippen LogP contribution in [-0.4, -0.2) is 18.1 Å². The molecule has 0 spiro atoms. The van der Waals surface area contributed by atoms with Crippen LogP contribution in [0.4, 0.5) is 0 Å². The Morgan fingerprint density at radius 1 is 1.35 bits per heavy atom. The van der Waals surface area contributed by atoms with Gasteiger partial charge in [0.1, 0.15) is 5.75 Å². The molecule has 90 valence electrons. The Bertz CT molecular complexity index is 540. The number of H-pyrrole nitrogens is 1. The minimum absolute atomic E-state index is 0.747. The van der Waals surface area contributed by atoms with E-state index < -0.39 is 0 Å². The van der Waals surface area contributed by atoms with Crippen LogP contribution in [0.25, 0.3) is 10.9 Å². The molecule has 2 aromatic rings. The van der Waals surface area contributed by atoms with Gasteiger partial charge in [0, 0.05) is 29.2 Å². The van der Waals surface area contributed by atoms with Gasteiger partial charge >= 0.3 is 0 Å². The minimum Gasteiger partial charge on any atom is -0.497 e. The summed E-state index contributed by atoms with van der Waals surface area (Å²) in [4.78, 5) is 3.48. The van der Waals surface area contributed by atoms with Crippen LogP contribution in [0.5, 0.6) is 5.75 Å². The predicted octanol–water partition coefficient (Wildman–Crippen LogP) is 2.74. The molecule has 0 unspecified atom stereocenters. The molecule has 1 heterocycles. The van der Waals surface area contributed by atoms with Gasteiger partial charge in [-0.1, -0.05) is 0 Å². The van der Waals surface area contributed by atoms with Crippen molar-refractivity contribution < 1.29 is 4.74 Å². The molecular weight excluding hydrogens is 212 g/mol. The van der Waals surface area contributed by atoms with Crippen molar-refractivity contribution in [2.24, 2.45) is 0 Å². The van der Waals surface area contributed by atoms with Crippen molar-refractivity contribution >= 4 is 10.9 Å². The minimum atomic E-state index is 0.747. The second-order valence-corrected chi connectivity index (χ2v) is 4.86. The zero-order valence-electron chi connectivity index (χ0n) is 10.3. The summed E-state index contributed by atoms with van der Waals surface area (Å²) in [6.07, 6.45) is 2.65. The first-order chi connectivity index (χ1) is 8.26.